The molecule has 0 aromatic carbocycles. The minimum Gasteiger partial charge on any atom is -0.315 e. The monoisotopic (exact) mass is 111 g/mol. The largest absolute Gasteiger partial charge is 0.315 e. The fourth-order valence-electron chi connectivity index (χ4n) is 0.900. The summed E-state index contributed by atoms with van der Waals surface area (Å²) >= 11 is 0. The molecular weight excluding hydrogens is 98.1 g/mol. The first-order valence-electron chi connectivity index (χ1n) is 3.15. The molecule has 1 fully saturated rings. The molecule has 0 aromatic rings. The minimum absolute atomic E-state index is 0.833. The van der Waals surface area contributed by atoms with Crippen molar-refractivity contribution < 1.29 is 0 Å². The summed E-state index contributed by atoms with van der Waals surface area (Å²) in [6, 6.07) is 0. The lowest BCUT2D eigenvalue weighted by Gasteiger charge is -2.24. The van der Waals surface area contributed by atoms with Crippen molar-refractivity contribution in [2.24, 2.45) is 5.92 Å². The summed E-state index contributed by atoms with van der Waals surface area (Å²) in [5, 5.41) is 3.22. The van der Waals surface area contributed by atoms with Gasteiger partial charge in [0.25, 0.3) is 0 Å². The van der Waals surface area contributed by atoms with Gasteiger partial charge in [-0.2, -0.15) is 0 Å². The molecule has 1 heterocycles. The maximum absolute atomic E-state index is 3.22. The van der Waals surface area contributed by atoms with Gasteiger partial charge in [0.05, 0.1) is 0 Å². The highest BCUT2D eigenvalue weighted by Gasteiger charge is 2.12. The average Bonchev–Trinajstić information content (AvgIpc) is 1.55. The predicted octanol–water partition coefficient (Wildman–Crippen LogP) is 1.17. The zero-order valence-electron chi connectivity index (χ0n) is 5.57. The molecule has 0 aliphatic carbocycles. The lowest BCUT2D eigenvalue weighted by Crippen LogP contribution is -2.40. The number of hydrogen-bond donors (Lipinski definition) is 1. The minimum atomic E-state index is 0.833. The highest BCUT2D eigenvalue weighted by Crippen LogP contribution is 2.06. The summed E-state index contributed by atoms with van der Waals surface area (Å²) in [6.07, 6.45) is 2.33. The Bertz CT molecular complexity index is 97.0. The second kappa shape index (κ2) is 2.31. The molecule has 0 radical (unpaired) electrons. The van der Waals surface area contributed by atoms with Crippen molar-refractivity contribution in [2.45, 2.75) is 13.8 Å². The highest BCUT2D eigenvalue weighted by atomic mass is 14.9. The van der Waals surface area contributed by atoms with Crippen LogP contribution >= 0.6 is 0 Å². The molecule has 1 aliphatic rings. The predicted molar refractivity (Wildman–Crippen MR) is 35.8 cm³/mol. The van der Waals surface area contributed by atoms with Crippen molar-refractivity contribution in [1.82, 2.24) is 5.32 Å². The van der Waals surface area contributed by atoms with Crippen LogP contribution in [0.25, 0.3) is 0 Å². The van der Waals surface area contributed by atoms with Crippen molar-refractivity contribution in [3.63, 3.8) is 0 Å². The van der Waals surface area contributed by atoms with E-state index in [9.17, 15) is 0 Å². The Labute approximate surface area is 50.8 Å². The summed E-state index contributed by atoms with van der Waals surface area (Å²) in [5.74, 6) is 0.833. The van der Waals surface area contributed by atoms with Crippen LogP contribution in [0.3, 0.4) is 0 Å². The molecule has 0 aromatic heterocycles. The van der Waals surface area contributed by atoms with Gasteiger partial charge < -0.3 is 5.32 Å². The van der Waals surface area contributed by atoms with E-state index in [1.807, 2.05) is 0 Å². The molecule has 8 heavy (non-hydrogen) atoms. The normalized spacial score (nSPS) is 19.8. The Morgan fingerprint density at radius 3 is 2.25 bits per heavy atom. The van der Waals surface area contributed by atoms with Gasteiger partial charge in [-0.15, -0.1) is 0 Å². The second-order valence-corrected chi connectivity index (χ2v) is 2.66. The quantitative estimate of drug-likeness (QED) is 0.501. The standard InChI is InChI=1S/C7H13N/c1-6(2)3-7-4-8-5-7/h3,7-8H,4-5H2,1-2H3. The van der Waals surface area contributed by atoms with Crippen molar-refractivity contribution in [1.29, 1.82) is 0 Å². The van der Waals surface area contributed by atoms with Gasteiger partial charge in [0.2, 0.25) is 0 Å². The van der Waals surface area contributed by atoms with E-state index in [0.717, 1.165) is 5.92 Å². The third-order valence-electron chi connectivity index (χ3n) is 1.38. The van der Waals surface area contributed by atoms with Crippen molar-refractivity contribution in [3.05, 3.63) is 11.6 Å². The smallest absolute Gasteiger partial charge is 0.00267 e. The Kier molecular flexibility index (Phi) is 1.69. The van der Waals surface area contributed by atoms with Gasteiger partial charge >= 0.3 is 0 Å². The number of rotatable bonds is 1. The molecule has 1 heteroatoms. The van der Waals surface area contributed by atoms with Crippen LogP contribution in [-0.2, 0) is 0 Å². The van der Waals surface area contributed by atoms with E-state index in [1.54, 1.807) is 0 Å². The maximum Gasteiger partial charge on any atom is 0.00267 e. The Morgan fingerprint density at radius 1 is 1.50 bits per heavy atom. The molecule has 46 valence electrons. The van der Waals surface area contributed by atoms with E-state index in [2.05, 4.69) is 25.2 Å². The van der Waals surface area contributed by atoms with Crippen LogP contribution in [0.15, 0.2) is 11.6 Å². The van der Waals surface area contributed by atoms with Gasteiger partial charge in [-0.25, -0.2) is 0 Å². The van der Waals surface area contributed by atoms with Crippen LogP contribution in [0.4, 0.5) is 0 Å². The summed E-state index contributed by atoms with van der Waals surface area (Å²) in [5.41, 5.74) is 1.44. The molecule has 0 spiro atoms. The molecule has 1 N–H and O–H groups in total. The first-order chi connectivity index (χ1) is 3.79. The summed E-state index contributed by atoms with van der Waals surface area (Å²) in [4.78, 5) is 0. The zero-order chi connectivity index (χ0) is 5.98. The first-order valence-corrected chi connectivity index (χ1v) is 3.15. The first kappa shape index (κ1) is 5.83. The SMILES string of the molecule is CC(C)=CC1CNC1. The number of allylic oxidation sites excluding steroid dienone is 1. The molecule has 0 amide bonds. The molecular formula is C7H13N. The van der Waals surface area contributed by atoms with E-state index >= 15 is 0 Å². The lowest BCUT2D eigenvalue weighted by molar-refractivity contribution is 0.417. The van der Waals surface area contributed by atoms with Crippen LogP contribution in [0.2, 0.25) is 0 Å². The van der Waals surface area contributed by atoms with Gasteiger partial charge in [-0.3, -0.25) is 0 Å². The summed E-state index contributed by atoms with van der Waals surface area (Å²) in [7, 11) is 0. The lowest BCUT2D eigenvalue weighted by atomic mass is 10.0. The number of nitrogens with one attached hydrogen (secondary N) is 1. The third-order valence-corrected chi connectivity index (χ3v) is 1.38. The van der Waals surface area contributed by atoms with Crippen LogP contribution in [0.1, 0.15) is 13.8 Å². The number of hydrogen-bond acceptors (Lipinski definition) is 1. The second-order valence-electron chi connectivity index (χ2n) is 2.66. The van der Waals surface area contributed by atoms with Gasteiger partial charge in [-0.1, -0.05) is 11.6 Å². The molecule has 0 unspecified atom stereocenters. The van der Waals surface area contributed by atoms with E-state index in [1.165, 1.54) is 18.7 Å². The molecule has 0 atom stereocenters. The Balaban J connectivity index is 2.27. The van der Waals surface area contributed by atoms with Gasteiger partial charge in [0.1, 0.15) is 0 Å². The summed E-state index contributed by atoms with van der Waals surface area (Å²) < 4.78 is 0. The van der Waals surface area contributed by atoms with E-state index in [0.29, 0.717) is 0 Å². The molecule has 1 rings (SSSR count). The van der Waals surface area contributed by atoms with Crippen molar-refractivity contribution >= 4 is 0 Å². The average molecular weight is 111 g/mol. The topological polar surface area (TPSA) is 12.0 Å². The Morgan fingerprint density at radius 2 is 2.12 bits per heavy atom. The molecule has 1 saturated heterocycles. The van der Waals surface area contributed by atoms with Gasteiger partial charge in [-0.05, 0) is 13.8 Å². The van der Waals surface area contributed by atoms with Crippen LogP contribution in [0, 0.1) is 5.92 Å². The highest BCUT2D eigenvalue weighted by molar-refractivity contribution is 5.01. The van der Waals surface area contributed by atoms with Crippen LogP contribution < -0.4 is 5.32 Å². The van der Waals surface area contributed by atoms with E-state index in [4.69, 9.17) is 0 Å². The zero-order valence-corrected chi connectivity index (χ0v) is 5.57. The molecule has 0 saturated carbocycles. The van der Waals surface area contributed by atoms with Crippen molar-refractivity contribution in [3.8, 4) is 0 Å². The van der Waals surface area contributed by atoms with Gasteiger partial charge in [0, 0.05) is 19.0 Å². The van der Waals surface area contributed by atoms with Crippen LogP contribution in [-0.4, -0.2) is 13.1 Å². The fourth-order valence-corrected chi connectivity index (χ4v) is 0.900. The summed E-state index contributed by atoms with van der Waals surface area (Å²) in [6.45, 7) is 6.67. The third kappa shape index (κ3) is 1.34. The molecule has 0 bridgehead atoms. The fraction of sp³-hybridized carbons (Fsp3) is 0.714. The Hall–Kier alpha value is -0.300. The van der Waals surface area contributed by atoms with E-state index in [-0.39, 0.29) is 0 Å². The van der Waals surface area contributed by atoms with Gasteiger partial charge in [0.15, 0.2) is 0 Å². The molecule has 1 aliphatic heterocycles. The van der Waals surface area contributed by atoms with Crippen LogP contribution in [0.5, 0.6) is 0 Å². The molecule has 1 nitrogen and oxygen atoms in total. The van der Waals surface area contributed by atoms with E-state index < -0.39 is 0 Å². The maximum atomic E-state index is 3.22. The van der Waals surface area contributed by atoms with Crippen molar-refractivity contribution in [2.75, 3.05) is 13.1 Å².